The molecule has 1 amide bonds. The van der Waals surface area contributed by atoms with Gasteiger partial charge in [-0.1, -0.05) is 50.9 Å². The van der Waals surface area contributed by atoms with Crippen molar-refractivity contribution in [2.75, 3.05) is 19.8 Å². The molecule has 9 nitrogen and oxygen atoms in total. The van der Waals surface area contributed by atoms with E-state index >= 15 is 0 Å². The van der Waals surface area contributed by atoms with Gasteiger partial charge in [-0.25, -0.2) is 9.59 Å². The SMILES string of the molecule is CCCCCOc1ccc(-c2cc(-c3ccc(C(=O)O[PH](=O)C(CC)(CC)N4CCOC4=O)cc3)no2)cc1. The minimum atomic E-state index is -2.96. The van der Waals surface area contributed by atoms with Crippen LogP contribution in [0.5, 0.6) is 5.75 Å². The first kappa shape index (κ1) is 28.4. The summed E-state index contributed by atoms with van der Waals surface area (Å²) in [4.78, 5) is 26.4. The Morgan fingerprint density at radius 3 is 2.33 bits per heavy atom. The molecule has 2 heterocycles. The summed E-state index contributed by atoms with van der Waals surface area (Å²) in [6, 6.07) is 16.1. The molecule has 0 radical (unpaired) electrons. The van der Waals surface area contributed by atoms with Gasteiger partial charge in [0, 0.05) is 17.2 Å². The summed E-state index contributed by atoms with van der Waals surface area (Å²) in [7, 11) is -2.96. The number of benzene rings is 2. The molecule has 0 spiro atoms. The predicted molar refractivity (Wildman–Crippen MR) is 148 cm³/mol. The molecule has 0 N–H and O–H groups in total. The molecule has 1 fully saturated rings. The maximum absolute atomic E-state index is 13.2. The van der Waals surface area contributed by atoms with Gasteiger partial charge >= 0.3 is 12.1 Å². The molecule has 2 aromatic carbocycles. The first-order chi connectivity index (χ1) is 18.9. The second-order valence-electron chi connectivity index (χ2n) is 9.42. The van der Waals surface area contributed by atoms with E-state index in [9.17, 15) is 14.2 Å². The molecule has 1 saturated heterocycles. The highest BCUT2D eigenvalue weighted by molar-refractivity contribution is 7.41. The Labute approximate surface area is 229 Å². The number of carbonyl (C=O) groups is 2. The lowest BCUT2D eigenvalue weighted by Crippen LogP contribution is -2.46. The van der Waals surface area contributed by atoms with Crippen LogP contribution < -0.4 is 4.74 Å². The maximum atomic E-state index is 13.2. The van der Waals surface area contributed by atoms with E-state index in [1.807, 2.05) is 44.2 Å². The molecular weight excluding hydrogens is 519 g/mol. The highest BCUT2D eigenvalue weighted by atomic mass is 31.1. The summed E-state index contributed by atoms with van der Waals surface area (Å²) in [6.07, 6.45) is 3.57. The average molecular weight is 555 g/mol. The molecule has 4 rings (SSSR count). The Bertz CT molecular complexity index is 1280. The molecule has 0 saturated carbocycles. The molecule has 1 unspecified atom stereocenters. The molecule has 1 aromatic heterocycles. The normalized spacial score (nSPS) is 14.2. The van der Waals surface area contributed by atoms with E-state index < -0.39 is 25.4 Å². The zero-order chi connectivity index (χ0) is 27.8. The molecular formula is C29H35N2O7P. The number of cyclic esters (lactones) is 1. The molecule has 1 atom stereocenters. The van der Waals surface area contributed by atoms with Crippen LogP contribution in [-0.2, 0) is 13.8 Å². The second kappa shape index (κ2) is 13.0. The van der Waals surface area contributed by atoms with Crippen LogP contribution in [0.4, 0.5) is 4.79 Å². The molecule has 39 heavy (non-hydrogen) atoms. The van der Waals surface area contributed by atoms with E-state index in [-0.39, 0.29) is 12.2 Å². The number of rotatable bonds is 13. The smallest absolute Gasteiger partial charge is 0.410 e. The van der Waals surface area contributed by atoms with Crippen LogP contribution in [0.25, 0.3) is 22.6 Å². The summed E-state index contributed by atoms with van der Waals surface area (Å²) in [5.74, 6) is 0.720. The van der Waals surface area contributed by atoms with E-state index in [0.717, 1.165) is 36.1 Å². The maximum Gasteiger partial charge on any atom is 0.410 e. The first-order valence-corrected chi connectivity index (χ1v) is 14.7. The van der Waals surface area contributed by atoms with Gasteiger partial charge in [0.25, 0.3) is 8.03 Å². The van der Waals surface area contributed by atoms with Gasteiger partial charge in [-0.2, -0.15) is 0 Å². The van der Waals surface area contributed by atoms with Crippen molar-refractivity contribution < 1.29 is 32.7 Å². The van der Waals surface area contributed by atoms with E-state index in [2.05, 4.69) is 12.1 Å². The largest absolute Gasteiger partial charge is 0.494 e. The third-order valence-electron chi connectivity index (χ3n) is 7.09. The summed E-state index contributed by atoms with van der Waals surface area (Å²) in [5, 5.41) is 3.10. The van der Waals surface area contributed by atoms with Gasteiger partial charge in [-0.3, -0.25) is 9.46 Å². The Hall–Kier alpha value is -3.58. The van der Waals surface area contributed by atoms with Crippen LogP contribution in [-0.4, -0.2) is 47.2 Å². The second-order valence-corrected chi connectivity index (χ2v) is 11.1. The van der Waals surface area contributed by atoms with Gasteiger partial charge in [0.05, 0.1) is 18.7 Å². The number of hydrogen-bond acceptors (Lipinski definition) is 8. The quantitative estimate of drug-likeness (QED) is 0.162. The predicted octanol–water partition coefficient (Wildman–Crippen LogP) is 7.18. The van der Waals surface area contributed by atoms with Crippen LogP contribution in [0.15, 0.2) is 59.1 Å². The van der Waals surface area contributed by atoms with Crippen molar-refractivity contribution in [3.63, 3.8) is 0 Å². The van der Waals surface area contributed by atoms with E-state index in [0.29, 0.717) is 37.4 Å². The summed E-state index contributed by atoms with van der Waals surface area (Å²) >= 11 is 0. The lowest BCUT2D eigenvalue weighted by molar-refractivity contribution is 0.0720. The van der Waals surface area contributed by atoms with Gasteiger partial charge < -0.3 is 18.5 Å². The fourth-order valence-electron chi connectivity index (χ4n) is 4.63. The van der Waals surface area contributed by atoms with Gasteiger partial charge in [0.15, 0.2) is 5.76 Å². The zero-order valence-corrected chi connectivity index (χ0v) is 23.6. The Balaban J connectivity index is 1.40. The minimum Gasteiger partial charge on any atom is -0.494 e. The number of amides is 1. The fraction of sp³-hybridized carbons (Fsp3) is 0.414. The van der Waals surface area contributed by atoms with Crippen molar-refractivity contribution in [2.24, 2.45) is 0 Å². The third-order valence-corrected chi connectivity index (χ3v) is 9.20. The Morgan fingerprint density at radius 2 is 1.72 bits per heavy atom. The van der Waals surface area contributed by atoms with Crippen molar-refractivity contribution in [3.05, 3.63) is 60.2 Å². The average Bonchev–Trinajstić information content (AvgIpc) is 3.63. The number of nitrogens with zero attached hydrogens (tertiary/aromatic N) is 2. The lowest BCUT2D eigenvalue weighted by atomic mass is 10.1. The van der Waals surface area contributed by atoms with Crippen LogP contribution in [0, 0.1) is 0 Å². The number of carbonyl (C=O) groups excluding carboxylic acids is 2. The van der Waals surface area contributed by atoms with Crippen molar-refractivity contribution >= 4 is 20.1 Å². The summed E-state index contributed by atoms with van der Waals surface area (Å²) in [5.41, 5.74) is 2.49. The molecule has 10 heteroatoms. The minimum absolute atomic E-state index is 0.230. The monoisotopic (exact) mass is 554 g/mol. The van der Waals surface area contributed by atoms with E-state index in [4.69, 9.17) is 18.5 Å². The number of ether oxygens (including phenoxy) is 2. The number of aromatic nitrogens is 1. The molecule has 0 bridgehead atoms. The molecule has 208 valence electrons. The van der Waals surface area contributed by atoms with Crippen LogP contribution in [0.3, 0.4) is 0 Å². The summed E-state index contributed by atoms with van der Waals surface area (Å²) in [6.45, 7) is 7.06. The first-order valence-electron chi connectivity index (χ1n) is 13.4. The van der Waals surface area contributed by atoms with Crippen molar-refractivity contribution in [2.45, 2.75) is 58.2 Å². The molecule has 3 aromatic rings. The Morgan fingerprint density at radius 1 is 1.03 bits per heavy atom. The standard InChI is InChI=1S/C29H35N2O7P/c1-4-7-8-18-35-24-15-13-22(14-16-24)26-20-25(30-37-26)21-9-11-23(12-10-21)27(32)38-39(34)29(5-2,6-3)31-17-19-36-28(31)33/h9-16,20,39H,4-8,17-19H2,1-3H3. The lowest BCUT2D eigenvalue weighted by Gasteiger charge is -2.37. The van der Waals surface area contributed by atoms with Crippen molar-refractivity contribution in [1.29, 1.82) is 0 Å². The number of unbranched alkanes of at least 4 members (excludes halogenated alkanes) is 2. The van der Waals surface area contributed by atoms with Crippen LogP contribution in [0.2, 0.25) is 0 Å². The molecule has 1 aliphatic rings. The van der Waals surface area contributed by atoms with Crippen molar-refractivity contribution in [1.82, 2.24) is 10.1 Å². The summed E-state index contributed by atoms with van der Waals surface area (Å²) < 4.78 is 35.0. The van der Waals surface area contributed by atoms with Gasteiger partial charge in [0.2, 0.25) is 0 Å². The van der Waals surface area contributed by atoms with E-state index in [1.165, 1.54) is 4.90 Å². The highest BCUT2D eigenvalue weighted by Crippen LogP contribution is 2.49. The van der Waals surface area contributed by atoms with Gasteiger partial charge in [-0.05, 0) is 55.7 Å². The topological polar surface area (TPSA) is 108 Å². The van der Waals surface area contributed by atoms with Gasteiger partial charge in [0.1, 0.15) is 23.3 Å². The third kappa shape index (κ3) is 6.36. The highest BCUT2D eigenvalue weighted by Gasteiger charge is 2.47. The number of hydrogen-bond donors (Lipinski definition) is 0. The van der Waals surface area contributed by atoms with E-state index in [1.54, 1.807) is 24.3 Å². The molecule has 0 aliphatic carbocycles. The Kier molecular flexibility index (Phi) is 9.46. The zero-order valence-electron chi connectivity index (χ0n) is 22.6. The van der Waals surface area contributed by atoms with Crippen LogP contribution in [0.1, 0.15) is 63.2 Å². The fourth-order valence-corrected chi connectivity index (χ4v) is 6.11. The van der Waals surface area contributed by atoms with Crippen molar-refractivity contribution in [3.8, 4) is 28.3 Å². The molecule has 1 aliphatic heterocycles. The van der Waals surface area contributed by atoms with Crippen LogP contribution >= 0.6 is 8.03 Å². The van der Waals surface area contributed by atoms with Gasteiger partial charge in [-0.15, -0.1) is 0 Å².